The molecule has 3 N–H and O–H groups in total. The minimum Gasteiger partial charge on any atom is -0.497 e. The van der Waals surface area contributed by atoms with Crippen molar-refractivity contribution in [2.75, 3.05) is 30.6 Å². The van der Waals surface area contributed by atoms with Gasteiger partial charge >= 0.3 is 6.09 Å². The van der Waals surface area contributed by atoms with Gasteiger partial charge in [-0.2, -0.15) is 0 Å². The molecular weight excluding hydrogens is 378 g/mol. The normalized spacial score (nSPS) is 11.0. The Balaban J connectivity index is 2.08. The van der Waals surface area contributed by atoms with Gasteiger partial charge in [0.1, 0.15) is 12.4 Å². The van der Waals surface area contributed by atoms with E-state index in [9.17, 15) is 4.79 Å². The Bertz CT molecular complexity index is 998. The first kappa shape index (κ1) is 19.9. The fourth-order valence-electron chi connectivity index (χ4n) is 3.30. The molecule has 2 aromatic carbocycles. The van der Waals surface area contributed by atoms with E-state index in [1.807, 2.05) is 36.4 Å². The van der Waals surface area contributed by atoms with E-state index in [4.69, 9.17) is 26.8 Å². The van der Waals surface area contributed by atoms with Gasteiger partial charge < -0.3 is 19.8 Å². The molecule has 0 atom stereocenters. The lowest BCUT2D eigenvalue weighted by atomic mass is 10.1. The van der Waals surface area contributed by atoms with Crippen LogP contribution in [0.2, 0.25) is 0 Å². The highest BCUT2D eigenvalue weighted by Crippen LogP contribution is 2.40. The lowest BCUT2D eigenvalue weighted by Crippen LogP contribution is -2.14. The van der Waals surface area contributed by atoms with Gasteiger partial charge in [-0.1, -0.05) is 12.1 Å². The van der Waals surface area contributed by atoms with E-state index in [2.05, 4.69) is 23.7 Å². The van der Waals surface area contributed by atoms with Crippen molar-refractivity contribution >= 4 is 40.0 Å². The lowest BCUT2D eigenvalue weighted by molar-refractivity contribution is 0.168. The van der Waals surface area contributed by atoms with Gasteiger partial charge in [-0.15, -0.1) is 11.6 Å². The number of rotatable bonds is 6. The van der Waals surface area contributed by atoms with Gasteiger partial charge in [-0.25, -0.2) is 4.79 Å². The smallest absolute Gasteiger partial charge is 0.411 e. The summed E-state index contributed by atoms with van der Waals surface area (Å²) >= 11 is 5.55. The number of nitrogen functional groups attached to an aromatic ring is 1. The summed E-state index contributed by atoms with van der Waals surface area (Å²) in [6, 6.07) is 13.5. The van der Waals surface area contributed by atoms with Crippen molar-refractivity contribution in [1.29, 1.82) is 0 Å². The topological polar surface area (TPSA) is 78.5 Å². The number of benzene rings is 2. The highest BCUT2D eigenvalue weighted by atomic mass is 35.5. The number of aromatic nitrogens is 1. The van der Waals surface area contributed by atoms with Crippen LogP contribution in [0.5, 0.6) is 5.75 Å². The van der Waals surface area contributed by atoms with Crippen molar-refractivity contribution in [3.8, 4) is 17.0 Å². The number of fused-ring (bicyclic) bond motifs is 1. The van der Waals surface area contributed by atoms with Crippen LogP contribution in [0.4, 0.5) is 16.2 Å². The third-order valence-electron chi connectivity index (χ3n) is 4.46. The van der Waals surface area contributed by atoms with Crippen LogP contribution in [0.15, 0.2) is 42.5 Å². The van der Waals surface area contributed by atoms with Crippen molar-refractivity contribution in [2.45, 2.75) is 19.9 Å². The number of alkyl halides is 1. The largest absolute Gasteiger partial charge is 0.497 e. The Morgan fingerprint density at radius 3 is 2.71 bits per heavy atom. The zero-order valence-electron chi connectivity index (χ0n) is 16.2. The van der Waals surface area contributed by atoms with Gasteiger partial charge in [0.15, 0.2) is 0 Å². The minimum atomic E-state index is -0.542. The predicted molar refractivity (Wildman–Crippen MR) is 114 cm³/mol. The molecular formula is C21H24ClN3O3. The van der Waals surface area contributed by atoms with Gasteiger partial charge in [0.25, 0.3) is 0 Å². The molecule has 0 aliphatic rings. The predicted octanol–water partition coefficient (Wildman–Crippen LogP) is 5.27. The molecule has 28 heavy (non-hydrogen) atoms. The highest BCUT2D eigenvalue weighted by molar-refractivity contribution is 6.18. The second-order valence-electron chi connectivity index (χ2n) is 6.64. The molecule has 3 aromatic rings. The van der Waals surface area contributed by atoms with Crippen molar-refractivity contribution in [3.05, 3.63) is 42.5 Å². The van der Waals surface area contributed by atoms with Crippen LogP contribution >= 0.6 is 11.6 Å². The molecule has 0 spiro atoms. The Morgan fingerprint density at radius 1 is 1.25 bits per heavy atom. The standard InChI is InChI=1S/C21H24ClN3O3/c1-13(2)25-18-12-16(27-3)7-8-17(18)19(23)20(25)14-5-4-6-15(11-14)24-21(26)28-10-9-22/h4-8,11-13H,9-10,23H2,1-3H3,(H,24,26). The van der Waals surface area contributed by atoms with Crippen LogP contribution in [-0.4, -0.2) is 30.3 Å². The molecule has 0 bridgehead atoms. The van der Waals surface area contributed by atoms with Crippen LogP contribution in [0.25, 0.3) is 22.2 Å². The monoisotopic (exact) mass is 401 g/mol. The van der Waals surface area contributed by atoms with Crippen molar-refractivity contribution in [2.24, 2.45) is 0 Å². The summed E-state index contributed by atoms with van der Waals surface area (Å²) < 4.78 is 12.5. The van der Waals surface area contributed by atoms with E-state index in [-0.39, 0.29) is 18.5 Å². The molecule has 1 aromatic heterocycles. The van der Waals surface area contributed by atoms with E-state index < -0.39 is 6.09 Å². The average Bonchev–Trinajstić information content (AvgIpc) is 2.98. The molecule has 0 aliphatic carbocycles. The maximum absolute atomic E-state index is 11.8. The van der Waals surface area contributed by atoms with E-state index in [1.54, 1.807) is 13.2 Å². The summed E-state index contributed by atoms with van der Waals surface area (Å²) in [6.07, 6.45) is -0.542. The average molecular weight is 402 g/mol. The van der Waals surface area contributed by atoms with Gasteiger partial charge in [-0.05, 0) is 38.1 Å². The molecule has 3 rings (SSSR count). The molecule has 0 aliphatic heterocycles. The lowest BCUT2D eigenvalue weighted by Gasteiger charge is -2.16. The van der Waals surface area contributed by atoms with Gasteiger partial charge in [0, 0.05) is 28.7 Å². The van der Waals surface area contributed by atoms with Crippen LogP contribution < -0.4 is 15.8 Å². The minimum absolute atomic E-state index is 0.156. The molecule has 0 fully saturated rings. The summed E-state index contributed by atoms with van der Waals surface area (Å²) in [5.41, 5.74) is 10.6. The number of carbonyl (C=O) groups excluding carboxylic acids is 1. The summed E-state index contributed by atoms with van der Waals surface area (Å²) in [5.74, 6) is 1.03. The number of carbonyl (C=O) groups is 1. The second kappa shape index (κ2) is 8.44. The molecule has 0 saturated heterocycles. The number of hydrogen-bond donors (Lipinski definition) is 2. The Kier molecular flexibility index (Phi) is 5.99. The summed E-state index contributed by atoms with van der Waals surface area (Å²) in [7, 11) is 1.65. The fraction of sp³-hybridized carbons (Fsp3) is 0.286. The summed E-state index contributed by atoms with van der Waals surface area (Å²) in [4.78, 5) is 11.8. The van der Waals surface area contributed by atoms with Crippen molar-refractivity contribution in [1.82, 2.24) is 4.57 Å². The summed E-state index contributed by atoms with van der Waals surface area (Å²) in [5, 5.41) is 3.68. The molecule has 1 heterocycles. The van der Waals surface area contributed by atoms with E-state index in [0.717, 1.165) is 27.9 Å². The first-order valence-corrected chi connectivity index (χ1v) is 9.57. The fourth-order valence-corrected chi connectivity index (χ4v) is 3.38. The number of anilines is 2. The third-order valence-corrected chi connectivity index (χ3v) is 4.61. The van der Waals surface area contributed by atoms with Crippen LogP contribution in [0, 0.1) is 0 Å². The third kappa shape index (κ3) is 3.87. The number of nitrogens with zero attached hydrogens (tertiary/aromatic N) is 1. The van der Waals surface area contributed by atoms with Crippen LogP contribution in [-0.2, 0) is 4.74 Å². The number of amides is 1. The number of hydrogen-bond acceptors (Lipinski definition) is 4. The maximum atomic E-state index is 11.8. The van der Waals surface area contributed by atoms with Crippen LogP contribution in [0.1, 0.15) is 19.9 Å². The Hall–Kier alpha value is -2.86. The summed E-state index contributed by atoms with van der Waals surface area (Å²) in [6.45, 7) is 4.37. The molecule has 7 heteroatoms. The quantitative estimate of drug-likeness (QED) is 0.551. The number of ether oxygens (including phenoxy) is 2. The maximum Gasteiger partial charge on any atom is 0.411 e. The van der Waals surface area contributed by atoms with E-state index in [1.165, 1.54) is 0 Å². The van der Waals surface area contributed by atoms with E-state index in [0.29, 0.717) is 11.4 Å². The van der Waals surface area contributed by atoms with Crippen LogP contribution in [0.3, 0.4) is 0 Å². The first-order chi connectivity index (χ1) is 13.5. The molecule has 1 amide bonds. The molecule has 6 nitrogen and oxygen atoms in total. The second-order valence-corrected chi connectivity index (χ2v) is 7.02. The van der Waals surface area contributed by atoms with Gasteiger partial charge in [0.05, 0.1) is 29.9 Å². The van der Waals surface area contributed by atoms with Gasteiger partial charge in [-0.3, -0.25) is 5.32 Å². The first-order valence-electron chi connectivity index (χ1n) is 9.03. The Labute approximate surface area is 169 Å². The van der Waals surface area contributed by atoms with Crippen molar-refractivity contribution in [3.63, 3.8) is 0 Å². The van der Waals surface area contributed by atoms with Gasteiger partial charge in [0.2, 0.25) is 0 Å². The zero-order chi connectivity index (χ0) is 20.3. The van der Waals surface area contributed by atoms with Crippen molar-refractivity contribution < 1.29 is 14.3 Å². The SMILES string of the molecule is COc1ccc2c(N)c(-c3cccc(NC(=O)OCCCl)c3)n(C(C)C)c2c1. The zero-order valence-corrected chi connectivity index (χ0v) is 16.9. The molecule has 0 saturated carbocycles. The Morgan fingerprint density at radius 2 is 2.04 bits per heavy atom. The number of nitrogens with two attached hydrogens (primary N) is 1. The number of methoxy groups -OCH3 is 1. The highest BCUT2D eigenvalue weighted by Gasteiger charge is 2.19. The molecule has 148 valence electrons. The molecule has 0 radical (unpaired) electrons. The van der Waals surface area contributed by atoms with E-state index >= 15 is 0 Å². The number of nitrogens with one attached hydrogen (secondary N) is 1. The number of halogens is 1. The molecule has 0 unspecified atom stereocenters.